The monoisotopic (exact) mass is 296 g/mol. The molecule has 92 valence electrons. The number of hydrogen-bond acceptors (Lipinski definition) is 2. The van der Waals surface area contributed by atoms with Gasteiger partial charge >= 0.3 is 0 Å². The molecule has 17 heavy (non-hydrogen) atoms. The zero-order valence-electron chi connectivity index (χ0n) is 10.1. The van der Waals surface area contributed by atoms with Crippen molar-refractivity contribution >= 4 is 27.5 Å². The molecular weight excluding hydrogens is 280 g/mol. The number of aryl methyl sites for hydroxylation is 2. The third-order valence-corrected chi connectivity index (χ3v) is 4.33. The minimum absolute atomic E-state index is 0.0285. The predicted molar refractivity (Wildman–Crippen MR) is 73.3 cm³/mol. The number of anilines is 1. The lowest BCUT2D eigenvalue weighted by Gasteiger charge is -2.13. The van der Waals surface area contributed by atoms with E-state index in [1.807, 2.05) is 26.0 Å². The summed E-state index contributed by atoms with van der Waals surface area (Å²) in [6, 6.07) is 3.95. The molecule has 0 saturated carbocycles. The van der Waals surface area contributed by atoms with E-state index in [-0.39, 0.29) is 11.9 Å². The minimum Gasteiger partial charge on any atom is -0.325 e. The number of carbonyl (C=O) groups is 1. The first-order valence-corrected chi connectivity index (χ1v) is 6.68. The zero-order valence-corrected chi connectivity index (χ0v) is 11.7. The van der Waals surface area contributed by atoms with Crippen molar-refractivity contribution in [3.63, 3.8) is 0 Å². The van der Waals surface area contributed by atoms with Crippen LogP contribution in [0.1, 0.15) is 24.0 Å². The van der Waals surface area contributed by atoms with Gasteiger partial charge in [0.25, 0.3) is 0 Å². The van der Waals surface area contributed by atoms with E-state index in [2.05, 4.69) is 26.6 Å². The number of carbonyl (C=O) groups excluding carboxylic acids is 1. The first-order valence-electron chi connectivity index (χ1n) is 5.89. The molecule has 1 atom stereocenters. The fraction of sp³-hybridized carbons (Fsp3) is 0.462. The lowest BCUT2D eigenvalue weighted by Crippen LogP contribution is -2.35. The molecule has 0 aromatic heterocycles. The summed E-state index contributed by atoms with van der Waals surface area (Å²) >= 11 is 3.52. The maximum Gasteiger partial charge on any atom is 0.241 e. The molecule has 1 aromatic rings. The summed E-state index contributed by atoms with van der Waals surface area (Å²) in [5.74, 6) is 0.0728. The van der Waals surface area contributed by atoms with Crippen molar-refractivity contribution in [3.05, 3.63) is 27.7 Å². The Labute approximate surface area is 110 Å². The van der Waals surface area contributed by atoms with Gasteiger partial charge in [0, 0.05) is 10.2 Å². The van der Waals surface area contributed by atoms with Crippen LogP contribution < -0.4 is 10.6 Å². The van der Waals surface area contributed by atoms with Crippen molar-refractivity contribution in [2.75, 3.05) is 11.9 Å². The average molecular weight is 297 g/mol. The number of halogens is 1. The lowest BCUT2D eigenvalue weighted by molar-refractivity contribution is -0.117. The fourth-order valence-corrected chi connectivity index (χ4v) is 2.38. The molecule has 3 nitrogen and oxygen atoms in total. The van der Waals surface area contributed by atoms with Gasteiger partial charge in [0.05, 0.1) is 6.04 Å². The third-order valence-electron chi connectivity index (χ3n) is 3.08. The van der Waals surface area contributed by atoms with E-state index in [9.17, 15) is 4.79 Å². The van der Waals surface area contributed by atoms with Gasteiger partial charge in [-0.2, -0.15) is 0 Å². The molecule has 0 bridgehead atoms. The molecule has 0 spiro atoms. The molecule has 1 aromatic carbocycles. The number of amides is 1. The second kappa shape index (κ2) is 5.19. The van der Waals surface area contributed by atoms with Gasteiger partial charge in [-0.1, -0.05) is 15.9 Å². The Bertz CT molecular complexity index is 416. The standard InChI is InChI=1S/C13H17BrN2O/c1-8-6-10(7-9(2)12(8)14)16-13(17)11-4-3-5-15-11/h6-7,11,15H,3-5H2,1-2H3,(H,16,17)/t11-/m1/s1. The van der Waals surface area contributed by atoms with E-state index >= 15 is 0 Å². The maximum absolute atomic E-state index is 11.9. The van der Waals surface area contributed by atoms with Gasteiger partial charge in [0.1, 0.15) is 0 Å². The summed E-state index contributed by atoms with van der Waals surface area (Å²) in [6.07, 6.45) is 2.01. The van der Waals surface area contributed by atoms with Crippen molar-refractivity contribution in [2.45, 2.75) is 32.7 Å². The lowest BCUT2D eigenvalue weighted by atomic mass is 10.1. The second-order valence-electron chi connectivity index (χ2n) is 4.56. The molecule has 1 aliphatic heterocycles. The molecule has 1 amide bonds. The highest BCUT2D eigenvalue weighted by atomic mass is 79.9. The molecule has 1 saturated heterocycles. The highest BCUT2D eigenvalue weighted by Gasteiger charge is 2.21. The summed E-state index contributed by atoms with van der Waals surface area (Å²) in [5.41, 5.74) is 3.15. The first kappa shape index (κ1) is 12.6. The van der Waals surface area contributed by atoms with Crippen molar-refractivity contribution < 1.29 is 4.79 Å². The van der Waals surface area contributed by atoms with Gasteiger partial charge in [-0.05, 0) is 56.5 Å². The van der Waals surface area contributed by atoms with E-state index in [1.165, 1.54) is 0 Å². The topological polar surface area (TPSA) is 41.1 Å². The zero-order chi connectivity index (χ0) is 12.4. The van der Waals surface area contributed by atoms with E-state index in [4.69, 9.17) is 0 Å². The van der Waals surface area contributed by atoms with Crippen LogP contribution in [0, 0.1) is 13.8 Å². The molecular formula is C13H17BrN2O. The number of rotatable bonds is 2. The number of hydrogen-bond donors (Lipinski definition) is 2. The summed E-state index contributed by atoms with van der Waals surface area (Å²) in [5, 5.41) is 6.17. The normalized spacial score (nSPS) is 19.4. The van der Waals surface area contributed by atoms with Crippen LogP contribution in [0.25, 0.3) is 0 Å². The van der Waals surface area contributed by atoms with Gasteiger partial charge < -0.3 is 10.6 Å². The van der Waals surface area contributed by atoms with Gasteiger partial charge in [0.15, 0.2) is 0 Å². The molecule has 0 radical (unpaired) electrons. The quantitative estimate of drug-likeness (QED) is 0.881. The highest BCUT2D eigenvalue weighted by molar-refractivity contribution is 9.10. The number of nitrogens with one attached hydrogen (secondary N) is 2. The van der Waals surface area contributed by atoms with Crippen LogP contribution in [-0.2, 0) is 4.79 Å². The molecule has 1 fully saturated rings. The van der Waals surface area contributed by atoms with E-state index in [0.29, 0.717) is 0 Å². The Kier molecular flexibility index (Phi) is 3.84. The van der Waals surface area contributed by atoms with Gasteiger partial charge in [-0.15, -0.1) is 0 Å². The van der Waals surface area contributed by atoms with Gasteiger partial charge in [-0.3, -0.25) is 4.79 Å². The van der Waals surface area contributed by atoms with E-state index in [1.54, 1.807) is 0 Å². The summed E-state index contributed by atoms with van der Waals surface area (Å²) in [7, 11) is 0. The van der Waals surface area contributed by atoms with E-state index < -0.39 is 0 Å². The predicted octanol–water partition coefficient (Wildman–Crippen LogP) is 2.76. The summed E-state index contributed by atoms with van der Waals surface area (Å²) < 4.78 is 1.11. The van der Waals surface area contributed by atoms with Crippen LogP contribution >= 0.6 is 15.9 Å². The molecule has 2 N–H and O–H groups in total. The summed E-state index contributed by atoms with van der Waals surface area (Å²) in [4.78, 5) is 11.9. The van der Waals surface area contributed by atoms with Crippen LogP contribution in [0.3, 0.4) is 0 Å². The van der Waals surface area contributed by atoms with Gasteiger partial charge in [0.2, 0.25) is 5.91 Å². The second-order valence-corrected chi connectivity index (χ2v) is 5.36. The third kappa shape index (κ3) is 2.87. The molecule has 1 aliphatic rings. The fourth-order valence-electron chi connectivity index (χ4n) is 2.16. The summed E-state index contributed by atoms with van der Waals surface area (Å²) in [6.45, 7) is 5.00. The smallest absolute Gasteiger partial charge is 0.241 e. The molecule has 0 aliphatic carbocycles. The largest absolute Gasteiger partial charge is 0.325 e. The SMILES string of the molecule is Cc1cc(NC(=O)[C@H]2CCCN2)cc(C)c1Br. The first-order chi connectivity index (χ1) is 8.08. The van der Waals surface area contributed by atoms with Crippen LogP contribution in [0.4, 0.5) is 5.69 Å². The van der Waals surface area contributed by atoms with Crippen LogP contribution in [0.5, 0.6) is 0 Å². The maximum atomic E-state index is 11.9. The van der Waals surface area contributed by atoms with Crippen molar-refractivity contribution in [2.24, 2.45) is 0 Å². The Morgan fingerprint density at radius 3 is 2.59 bits per heavy atom. The van der Waals surface area contributed by atoms with Crippen LogP contribution in [-0.4, -0.2) is 18.5 Å². The van der Waals surface area contributed by atoms with E-state index in [0.717, 1.165) is 40.7 Å². The molecule has 0 unspecified atom stereocenters. The van der Waals surface area contributed by atoms with Gasteiger partial charge in [-0.25, -0.2) is 0 Å². The number of benzene rings is 1. The molecule has 4 heteroatoms. The van der Waals surface area contributed by atoms with Crippen molar-refractivity contribution in [3.8, 4) is 0 Å². The average Bonchev–Trinajstić information content (AvgIpc) is 2.79. The van der Waals surface area contributed by atoms with Crippen LogP contribution in [0.15, 0.2) is 16.6 Å². The van der Waals surface area contributed by atoms with Crippen molar-refractivity contribution in [1.82, 2.24) is 5.32 Å². The Morgan fingerprint density at radius 1 is 1.41 bits per heavy atom. The Balaban J connectivity index is 2.10. The molecule has 2 rings (SSSR count). The Hall–Kier alpha value is -0.870. The Morgan fingerprint density at radius 2 is 2.06 bits per heavy atom. The van der Waals surface area contributed by atoms with Crippen LogP contribution in [0.2, 0.25) is 0 Å². The minimum atomic E-state index is -0.0285. The molecule has 1 heterocycles. The van der Waals surface area contributed by atoms with Crippen molar-refractivity contribution in [1.29, 1.82) is 0 Å². The highest BCUT2D eigenvalue weighted by Crippen LogP contribution is 2.25.